The number of aromatic nitrogens is 2. The first-order valence-electron chi connectivity index (χ1n) is 6.05. The zero-order valence-electron chi connectivity index (χ0n) is 10.8. The highest BCUT2D eigenvalue weighted by Crippen LogP contribution is 2.18. The van der Waals surface area contributed by atoms with Gasteiger partial charge in [-0.25, -0.2) is 0 Å². The molecule has 7 heteroatoms. The SMILES string of the molecule is CCc1nnc(NC(=O)c2csc(C#CCCO)c2)s1. The van der Waals surface area contributed by atoms with Crippen molar-refractivity contribution in [3.8, 4) is 11.8 Å². The van der Waals surface area contributed by atoms with Crippen LogP contribution in [0.15, 0.2) is 11.4 Å². The summed E-state index contributed by atoms with van der Waals surface area (Å²) in [6.07, 6.45) is 1.24. The van der Waals surface area contributed by atoms with E-state index in [0.29, 0.717) is 17.1 Å². The van der Waals surface area contributed by atoms with Crippen LogP contribution in [0, 0.1) is 11.8 Å². The molecule has 0 radical (unpaired) electrons. The Morgan fingerprint density at radius 2 is 2.35 bits per heavy atom. The average molecular weight is 307 g/mol. The molecule has 0 aliphatic heterocycles. The molecule has 0 aromatic carbocycles. The molecule has 0 fully saturated rings. The molecule has 0 aliphatic rings. The van der Waals surface area contributed by atoms with E-state index in [9.17, 15) is 4.79 Å². The predicted octanol–water partition coefficient (Wildman–Crippen LogP) is 2.15. The third-order valence-corrected chi connectivity index (χ3v) is 4.13. The zero-order valence-corrected chi connectivity index (χ0v) is 12.5. The van der Waals surface area contributed by atoms with Crippen molar-refractivity contribution in [2.24, 2.45) is 0 Å². The molecule has 0 bridgehead atoms. The van der Waals surface area contributed by atoms with E-state index in [0.717, 1.165) is 16.3 Å². The molecule has 104 valence electrons. The second kappa shape index (κ2) is 7.14. The summed E-state index contributed by atoms with van der Waals surface area (Å²) in [6, 6.07) is 1.73. The molecule has 0 aliphatic carbocycles. The van der Waals surface area contributed by atoms with Gasteiger partial charge in [-0.15, -0.1) is 21.5 Å². The number of amides is 1. The average Bonchev–Trinajstić information content (AvgIpc) is 3.08. The smallest absolute Gasteiger partial charge is 0.258 e. The van der Waals surface area contributed by atoms with Crippen LogP contribution in [0.2, 0.25) is 0 Å². The lowest BCUT2D eigenvalue weighted by Crippen LogP contribution is -2.10. The molecule has 1 amide bonds. The first kappa shape index (κ1) is 14.7. The van der Waals surface area contributed by atoms with Gasteiger partial charge in [0, 0.05) is 11.8 Å². The molecule has 0 saturated carbocycles. The van der Waals surface area contributed by atoms with Gasteiger partial charge in [-0.2, -0.15) is 0 Å². The quantitative estimate of drug-likeness (QED) is 0.849. The number of hydrogen-bond acceptors (Lipinski definition) is 6. The van der Waals surface area contributed by atoms with Crippen molar-refractivity contribution < 1.29 is 9.90 Å². The van der Waals surface area contributed by atoms with E-state index in [1.54, 1.807) is 11.4 Å². The number of aliphatic hydroxyl groups excluding tert-OH is 1. The van der Waals surface area contributed by atoms with E-state index >= 15 is 0 Å². The summed E-state index contributed by atoms with van der Waals surface area (Å²) in [4.78, 5) is 12.8. The lowest BCUT2D eigenvalue weighted by molar-refractivity contribution is 0.102. The topological polar surface area (TPSA) is 75.1 Å². The van der Waals surface area contributed by atoms with Crippen molar-refractivity contribution in [2.45, 2.75) is 19.8 Å². The Bertz CT molecular complexity index is 652. The molecule has 2 rings (SSSR count). The Hall–Kier alpha value is -1.75. The van der Waals surface area contributed by atoms with E-state index in [4.69, 9.17) is 5.11 Å². The van der Waals surface area contributed by atoms with Crippen LogP contribution in [0.25, 0.3) is 0 Å². The second-order valence-electron chi connectivity index (χ2n) is 3.78. The molecule has 0 unspecified atom stereocenters. The molecule has 2 aromatic heterocycles. The normalized spacial score (nSPS) is 9.90. The van der Waals surface area contributed by atoms with Crippen LogP contribution in [0.4, 0.5) is 5.13 Å². The van der Waals surface area contributed by atoms with Crippen molar-refractivity contribution in [1.82, 2.24) is 10.2 Å². The van der Waals surface area contributed by atoms with Crippen molar-refractivity contribution in [3.05, 3.63) is 26.9 Å². The third kappa shape index (κ3) is 3.87. The summed E-state index contributed by atoms with van der Waals surface area (Å²) in [7, 11) is 0. The summed E-state index contributed by atoms with van der Waals surface area (Å²) < 4.78 is 0. The number of carbonyl (C=O) groups is 1. The molecule has 2 aromatic rings. The summed E-state index contributed by atoms with van der Waals surface area (Å²) >= 11 is 2.77. The molecule has 2 N–H and O–H groups in total. The highest BCUT2D eigenvalue weighted by molar-refractivity contribution is 7.15. The Kier molecular flexibility index (Phi) is 5.24. The lowest BCUT2D eigenvalue weighted by Gasteiger charge is -1.96. The number of hydrogen-bond donors (Lipinski definition) is 2. The maximum atomic E-state index is 12.0. The first-order chi connectivity index (χ1) is 9.72. The zero-order chi connectivity index (χ0) is 14.4. The van der Waals surface area contributed by atoms with Gasteiger partial charge in [0.25, 0.3) is 5.91 Å². The van der Waals surface area contributed by atoms with Gasteiger partial charge in [-0.1, -0.05) is 30.1 Å². The molecule has 20 heavy (non-hydrogen) atoms. The fraction of sp³-hybridized carbons (Fsp3) is 0.308. The van der Waals surface area contributed by atoms with Crippen LogP contribution in [-0.2, 0) is 6.42 Å². The summed E-state index contributed by atoms with van der Waals surface area (Å²) in [5.41, 5.74) is 0.552. The van der Waals surface area contributed by atoms with Gasteiger partial charge < -0.3 is 5.11 Å². The minimum atomic E-state index is -0.213. The number of anilines is 1. The summed E-state index contributed by atoms with van der Waals surface area (Å²) in [6.45, 7) is 2.03. The van der Waals surface area contributed by atoms with Crippen molar-refractivity contribution in [2.75, 3.05) is 11.9 Å². The van der Waals surface area contributed by atoms with Gasteiger partial charge >= 0.3 is 0 Å². The van der Waals surface area contributed by atoms with Crippen LogP contribution >= 0.6 is 22.7 Å². The monoisotopic (exact) mass is 307 g/mol. The standard InChI is InChI=1S/C13H13N3O2S2/c1-2-11-15-16-13(20-11)14-12(18)9-7-10(19-8-9)5-3-4-6-17/h7-8,17H,2,4,6H2,1H3,(H,14,16,18). The number of carbonyl (C=O) groups excluding carboxylic acids is 1. The Morgan fingerprint density at radius 1 is 1.50 bits per heavy atom. The molecule has 0 spiro atoms. The largest absolute Gasteiger partial charge is 0.395 e. The van der Waals surface area contributed by atoms with Crippen LogP contribution in [0.3, 0.4) is 0 Å². The Labute approximate surface area is 124 Å². The van der Waals surface area contributed by atoms with Crippen molar-refractivity contribution in [3.63, 3.8) is 0 Å². The third-order valence-electron chi connectivity index (χ3n) is 2.30. The van der Waals surface area contributed by atoms with E-state index in [2.05, 4.69) is 27.4 Å². The highest BCUT2D eigenvalue weighted by atomic mass is 32.1. The van der Waals surface area contributed by atoms with Gasteiger partial charge in [-0.05, 0) is 12.5 Å². The van der Waals surface area contributed by atoms with Crippen molar-refractivity contribution >= 4 is 33.7 Å². The van der Waals surface area contributed by atoms with Gasteiger partial charge in [0.1, 0.15) is 5.01 Å². The van der Waals surface area contributed by atoms with Gasteiger partial charge in [0.05, 0.1) is 17.0 Å². The van der Waals surface area contributed by atoms with Gasteiger partial charge in [0.15, 0.2) is 0 Å². The summed E-state index contributed by atoms with van der Waals surface area (Å²) in [5, 5.41) is 22.4. The van der Waals surface area contributed by atoms with Gasteiger partial charge in [-0.3, -0.25) is 10.1 Å². The first-order valence-corrected chi connectivity index (χ1v) is 7.74. The maximum absolute atomic E-state index is 12.0. The Morgan fingerprint density at radius 3 is 3.05 bits per heavy atom. The van der Waals surface area contributed by atoms with Crippen LogP contribution in [0.5, 0.6) is 0 Å². The molecular formula is C13H13N3O2S2. The summed E-state index contributed by atoms with van der Waals surface area (Å²) in [5.74, 6) is 5.51. The molecule has 5 nitrogen and oxygen atoms in total. The minimum absolute atomic E-state index is 0.0442. The van der Waals surface area contributed by atoms with Crippen LogP contribution < -0.4 is 5.32 Å². The fourth-order valence-corrected chi connectivity index (χ4v) is 2.77. The molecule has 0 saturated heterocycles. The molecular weight excluding hydrogens is 294 g/mol. The van der Waals surface area contributed by atoms with E-state index in [1.807, 2.05) is 6.92 Å². The highest BCUT2D eigenvalue weighted by Gasteiger charge is 2.11. The molecule has 2 heterocycles. The number of nitrogens with zero attached hydrogens (tertiary/aromatic N) is 2. The number of aryl methyl sites for hydroxylation is 1. The van der Waals surface area contributed by atoms with Crippen LogP contribution in [-0.4, -0.2) is 27.8 Å². The fourth-order valence-electron chi connectivity index (χ4n) is 1.34. The van der Waals surface area contributed by atoms with E-state index in [-0.39, 0.29) is 12.5 Å². The maximum Gasteiger partial charge on any atom is 0.258 e. The Balaban J connectivity index is 2.01. The van der Waals surface area contributed by atoms with E-state index in [1.165, 1.54) is 22.7 Å². The van der Waals surface area contributed by atoms with Crippen molar-refractivity contribution in [1.29, 1.82) is 0 Å². The number of rotatable bonds is 4. The second-order valence-corrected chi connectivity index (χ2v) is 5.76. The van der Waals surface area contributed by atoms with Crippen LogP contribution in [0.1, 0.15) is 33.6 Å². The van der Waals surface area contributed by atoms with E-state index < -0.39 is 0 Å². The predicted molar refractivity (Wildman–Crippen MR) is 80.1 cm³/mol. The minimum Gasteiger partial charge on any atom is -0.395 e. The van der Waals surface area contributed by atoms with Gasteiger partial charge in [0.2, 0.25) is 5.13 Å². The molecule has 0 atom stereocenters. The lowest BCUT2D eigenvalue weighted by atomic mass is 10.3. The number of thiophene rings is 1. The number of nitrogens with one attached hydrogen (secondary N) is 1. The number of aliphatic hydroxyl groups is 1.